The van der Waals surface area contributed by atoms with Gasteiger partial charge in [-0.2, -0.15) is 0 Å². The minimum Gasteiger partial charge on any atom is -0.497 e. The van der Waals surface area contributed by atoms with Crippen molar-refractivity contribution in [1.29, 1.82) is 0 Å². The Morgan fingerprint density at radius 3 is 2.35 bits per heavy atom. The highest BCUT2D eigenvalue weighted by molar-refractivity contribution is 6.26. The molecule has 0 aliphatic carbocycles. The third-order valence-electron chi connectivity index (χ3n) is 6.57. The van der Waals surface area contributed by atoms with Crippen LogP contribution in [0.1, 0.15) is 11.6 Å². The monoisotopic (exact) mass is 450 g/mol. The number of amides is 2. The molecule has 0 unspecified atom stereocenters. The van der Waals surface area contributed by atoms with Gasteiger partial charge >= 0.3 is 0 Å². The first-order valence-electron chi connectivity index (χ1n) is 11.2. The van der Waals surface area contributed by atoms with E-state index in [0.717, 1.165) is 22.0 Å². The van der Waals surface area contributed by atoms with Crippen molar-refractivity contribution in [3.8, 4) is 5.75 Å². The van der Waals surface area contributed by atoms with E-state index in [9.17, 15) is 9.59 Å². The van der Waals surface area contributed by atoms with Crippen LogP contribution in [0.4, 0.5) is 11.4 Å². The number of hydrogen-bond donors (Lipinski definition) is 0. The number of hydroxylamine groups is 1. The summed E-state index contributed by atoms with van der Waals surface area (Å²) in [5.41, 5.74) is 2.21. The molecule has 34 heavy (non-hydrogen) atoms. The second-order valence-corrected chi connectivity index (χ2v) is 8.44. The lowest BCUT2D eigenvalue weighted by molar-refractivity contribution is -0.126. The minimum atomic E-state index is -0.914. The number of hydrogen-bond acceptors (Lipinski definition) is 5. The Morgan fingerprint density at radius 2 is 1.53 bits per heavy atom. The maximum atomic E-state index is 13.9. The molecule has 3 atom stereocenters. The first-order valence-corrected chi connectivity index (χ1v) is 11.2. The van der Waals surface area contributed by atoms with Crippen molar-refractivity contribution in [3.05, 3.63) is 103 Å². The van der Waals surface area contributed by atoms with Crippen molar-refractivity contribution in [2.75, 3.05) is 17.1 Å². The van der Waals surface area contributed by atoms with Crippen LogP contribution >= 0.6 is 0 Å². The summed E-state index contributed by atoms with van der Waals surface area (Å²) in [6.07, 6.45) is -0.914. The number of ether oxygens (including phenoxy) is 1. The molecule has 2 aliphatic heterocycles. The molecule has 6 heteroatoms. The van der Waals surface area contributed by atoms with Crippen LogP contribution in [0.25, 0.3) is 10.8 Å². The molecule has 2 aliphatic rings. The van der Waals surface area contributed by atoms with Crippen LogP contribution in [0.3, 0.4) is 0 Å². The van der Waals surface area contributed by atoms with E-state index in [1.165, 1.54) is 4.90 Å². The number of carbonyl (C=O) groups is 2. The fourth-order valence-electron chi connectivity index (χ4n) is 5.02. The molecule has 2 saturated heterocycles. The lowest BCUT2D eigenvalue weighted by atomic mass is 9.90. The van der Waals surface area contributed by atoms with Crippen LogP contribution < -0.4 is 14.7 Å². The van der Waals surface area contributed by atoms with Gasteiger partial charge in [0, 0.05) is 5.39 Å². The van der Waals surface area contributed by atoms with Crippen LogP contribution in [0.15, 0.2) is 97.1 Å². The van der Waals surface area contributed by atoms with Crippen molar-refractivity contribution >= 4 is 34.0 Å². The Labute approximate surface area is 196 Å². The first kappa shape index (κ1) is 20.4. The summed E-state index contributed by atoms with van der Waals surface area (Å²) in [5.74, 6) is -0.634. The largest absolute Gasteiger partial charge is 0.497 e. The Hall–Kier alpha value is -4.16. The Morgan fingerprint density at radius 1 is 0.794 bits per heavy atom. The zero-order valence-corrected chi connectivity index (χ0v) is 18.5. The van der Waals surface area contributed by atoms with Crippen molar-refractivity contribution in [2.24, 2.45) is 5.92 Å². The van der Waals surface area contributed by atoms with E-state index >= 15 is 0 Å². The molecule has 0 radical (unpaired) electrons. The number of nitrogens with zero attached hydrogens (tertiary/aromatic N) is 2. The van der Waals surface area contributed by atoms with Gasteiger partial charge in [0.15, 0.2) is 6.10 Å². The van der Waals surface area contributed by atoms with Crippen LogP contribution in [-0.4, -0.2) is 25.0 Å². The van der Waals surface area contributed by atoms with Gasteiger partial charge in [-0.1, -0.05) is 66.7 Å². The predicted octanol–water partition coefficient (Wildman–Crippen LogP) is 4.90. The van der Waals surface area contributed by atoms with Crippen molar-refractivity contribution in [2.45, 2.75) is 12.1 Å². The van der Waals surface area contributed by atoms with Gasteiger partial charge in [0.05, 0.1) is 24.5 Å². The molecule has 0 N–H and O–H groups in total. The number of methoxy groups -OCH3 is 1. The highest BCUT2D eigenvalue weighted by Gasteiger charge is 2.60. The number of anilines is 2. The van der Waals surface area contributed by atoms with E-state index in [1.807, 2.05) is 97.1 Å². The molecule has 0 aromatic heterocycles. The zero-order chi connectivity index (χ0) is 23.2. The topological polar surface area (TPSA) is 59.1 Å². The fraction of sp³-hybridized carbons (Fsp3) is 0.143. The van der Waals surface area contributed by atoms with Gasteiger partial charge in [-0.3, -0.25) is 14.4 Å². The second kappa shape index (κ2) is 8.01. The van der Waals surface area contributed by atoms with Gasteiger partial charge in [0.2, 0.25) is 5.91 Å². The lowest BCUT2D eigenvalue weighted by Gasteiger charge is -2.29. The maximum Gasteiger partial charge on any atom is 0.266 e. The predicted molar refractivity (Wildman–Crippen MR) is 129 cm³/mol. The van der Waals surface area contributed by atoms with Crippen LogP contribution in [-0.2, 0) is 14.4 Å². The summed E-state index contributed by atoms with van der Waals surface area (Å²) in [6, 6.07) is 30.0. The minimum absolute atomic E-state index is 0.266. The molecule has 6 nitrogen and oxygen atoms in total. The first-order chi connectivity index (χ1) is 16.7. The highest BCUT2D eigenvalue weighted by atomic mass is 16.7. The van der Waals surface area contributed by atoms with Gasteiger partial charge in [-0.15, -0.1) is 0 Å². The van der Waals surface area contributed by atoms with Crippen LogP contribution in [0, 0.1) is 5.92 Å². The SMILES string of the molecule is COc1cccc([C@@H]2[C@H]3C(=O)N(c4cccc5ccccc45)C(=O)[C@H]3ON2c2ccccc2)c1. The van der Waals surface area contributed by atoms with Crippen LogP contribution in [0.5, 0.6) is 5.75 Å². The molecule has 2 heterocycles. The molecule has 0 bridgehead atoms. The Kier molecular flexibility index (Phi) is 4.81. The van der Waals surface area contributed by atoms with E-state index in [4.69, 9.17) is 9.57 Å². The van der Waals surface area contributed by atoms with Gasteiger partial charge in [-0.05, 0) is 41.3 Å². The lowest BCUT2D eigenvalue weighted by Crippen LogP contribution is -2.37. The molecule has 0 spiro atoms. The number of rotatable bonds is 4. The van der Waals surface area contributed by atoms with Gasteiger partial charge in [0.1, 0.15) is 11.7 Å². The van der Waals surface area contributed by atoms with Crippen molar-refractivity contribution < 1.29 is 19.2 Å². The Bertz CT molecular complexity index is 1400. The smallest absolute Gasteiger partial charge is 0.266 e. The van der Waals surface area contributed by atoms with Gasteiger partial charge in [-0.25, -0.2) is 9.96 Å². The summed E-state index contributed by atoms with van der Waals surface area (Å²) < 4.78 is 5.43. The van der Waals surface area contributed by atoms with Crippen molar-refractivity contribution in [3.63, 3.8) is 0 Å². The fourth-order valence-corrected chi connectivity index (χ4v) is 5.02. The van der Waals surface area contributed by atoms with E-state index in [-0.39, 0.29) is 11.8 Å². The standard InChI is InChI=1S/C28H22N2O4/c1-33-21-14-7-11-19(17-21)25-24-26(34-30(25)20-12-3-2-4-13-20)28(32)29(27(24)31)23-16-8-10-18-9-5-6-15-22(18)23/h2-17,24-26H,1H3/t24-,25-,26+/m1/s1. The van der Waals surface area contributed by atoms with E-state index in [0.29, 0.717) is 11.4 Å². The molecule has 0 saturated carbocycles. The average Bonchev–Trinajstić information content (AvgIpc) is 3.40. The number of benzene rings is 4. The molecule has 2 amide bonds. The summed E-state index contributed by atoms with van der Waals surface area (Å²) in [4.78, 5) is 35.1. The summed E-state index contributed by atoms with van der Waals surface area (Å²) in [7, 11) is 1.61. The quantitative estimate of drug-likeness (QED) is 0.414. The number of imide groups is 1. The van der Waals surface area contributed by atoms with Crippen LogP contribution in [0.2, 0.25) is 0 Å². The summed E-state index contributed by atoms with van der Waals surface area (Å²) in [6.45, 7) is 0. The molecule has 168 valence electrons. The van der Waals surface area contributed by atoms with Gasteiger partial charge < -0.3 is 4.74 Å². The molecule has 6 rings (SSSR count). The third kappa shape index (κ3) is 3.07. The molecular weight excluding hydrogens is 428 g/mol. The summed E-state index contributed by atoms with van der Waals surface area (Å²) in [5, 5.41) is 3.51. The van der Waals surface area contributed by atoms with E-state index < -0.39 is 18.1 Å². The van der Waals surface area contributed by atoms with E-state index in [1.54, 1.807) is 12.2 Å². The molecule has 2 fully saturated rings. The number of carbonyl (C=O) groups excluding carboxylic acids is 2. The molecular formula is C28H22N2O4. The third-order valence-corrected chi connectivity index (χ3v) is 6.57. The Balaban J connectivity index is 1.47. The normalized spacial score (nSPS) is 21.9. The van der Waals surface area contributed by atoms with E-state index in [2.05, 4.69) is 0 Å². The van der Waals surface area contributed by atoms with Crippen molar-refractivity contribution in [1.82, 2.24) is 0 Å². The molecule has 4 aromatic carbocycles. The zero-order valence-electron chi connectivity index (χ0n) is 18.5. The number of fused-ring (bicyclic) bond motifs is 2. The highest BCUT2D eigenvalue weighted by Crippen LogP contribution is 2.48. The van der Waals surface area contributed by atoms with Gasteiger partial charge in [0.25, 0.3) is 5.91 Å². The molecule has 4 aromatic rings. The average molecular weight is 450 g/mol. The maximum absolute atomic E-state index is 13.9. The summed E-state index contributed by atoms with van der Waals surface area (Å²) >= 11 is 0. The second-order valence-electron chi connectivity index (χ2n) is 8.44. The number of para-hydroxylation sites is 1.